The lowest BCUT2D eigenvalue weighted by molar-refractivity contribution is -0.141. The zero-order chi connectivity index (χ0) is 17.9. The Hall–Kier alpha value is -1.43. The van der Waals surface area contributed by atoms with Crippen LogP contribution >= 0.6 is 0 Å². The Morgan fingerprint density at radius 3 is 2.85 bits per heavy atom. The molecule has 2 unspecified atom stereocenters. The molecule has 3 saturated heterocycles. The number of likely N-dealkylation sites (tertiary alicyclic amines) is 2. The molecule has 3 heterocycles. The molecule has 0 spiro atoms. The Labute approximate surface area is 157 Å². The van der Waals surface area contributed by atoms with Crippen LogP contribution in [0.4, 0.5) is 0 Å². The SMILES string of the molecule is CCCN1C(=O)CC[C@H]2CN(CC3CNNC3c3ccccc3)CC[C@H]21. The van der Waals surface area contributed by atoms with Crippen LogP contribution in [0.2, 0.25) is 0 Å². The minimum absolute atomic E-state index is 0.384. The molecule has 2 N–H and O–H groups in total. The van der Waals surface area contributed by atoms with Gasteiger partial charge in [0.15, 0.2) is 0 Å². The van der Waals surface area contributed by atoms with Crippen LogP contribution in [0.1, 0.15) is 44.2 Å². The first-order valence-corrected chi connectivity index (χ1v) is 10.3. The minimum atomic E-state index is 0.384. The van der Waals surface area contributed by atoms with Gasteiger partial charge in [-0.15, -0.1) is 0 Å². The van der Waals surface area contributed by atoms with E-state index in [0.29, 0.717) is 29.8 Å². The van der Waals surface area contributed by atoms with Crippen LogP contribution in [0.3, 0.4) is 0 Å². The number of fused-ring (bicyclic) bond motifs is 1. The summed E-state index contributed by atoms with van der Waals surface area (Å²) in [6, 6.07) is 11.6. The number of nitrogens with one attached hydrogen (secondary N) is 2. The summed E-state index contributed by atoms with van der Waals surface area (Å²) in [5.74, 6) is 1.63. The van der Waals surface area contributed by atoms with Crippen molar-refractivity contribution < 1.29 is 4.79 Å². The standard InChI is InChI=1S/C21H32N4O/c1-2-11-25-19-10-12-24(14-17(19)8-9-20(25)26)15-18-13-22-23-21(18)16-6-4-3-5-7-16/h3-7,17-19,21-23H,2,8-15H2,1H3/t17-,18?,19+,21?/m0/s1. The summed E-state index contributed by atoms with van der Waals surface area (Å²) in [5.41, 5.74) is 8.21. The molecule has 142 valence electrons. The van der Waals surface area contributed by atoms with Crippen LogP contribution in [-0.2, 0) is 4.79 Å². The summed E-state index contributed by atoms with van der Waals surface area (Å²) in [4.78, 5) is 17.1. The number of hydrazine groups is 1. The maximum absolute atomic E-state index is 12.3. The Morgan fingerprint density at radius 2 is 2.04 bits per heavy atom. The van der Waals surface area contributed by atoms with Crippen LogP contribution in [0.25, 0.3) is 0 Å². The molecule has 1 aromatic rings. The van der Waals surface area contributed by atoms with Gasteiger partial charge in [0.25, 0.3) is 0 Å². The fraction of sp³-hybridized carbons (Fsp3) is 0.667. The van der Waals surface area contributed by atoms with Gasteiger partial charge in [0.1, 0.15) is 0 Å². The second kappa shape index (κ2) is 8.07. The quantitative estimate of drug-likeness (QED) is 0.849. The van der Waals surface area contributed by atoms with Crippen molar-refractivity contribution in [3.8, 4) is 0 Å². The molecule has 4 atom stereocenters. The molecule has 3 fully saturated rings. The minimum Gasteiger partial charge on any atom is -0.339 e. The van der Waals surface area contributed by atoms with E-state index >= 15 is 0 Å². The van der Waals surface area contributed by atoms with E-state index in [9.17, 15) is 4.79 Å². The fourth-order valence-corrected chi connectivity index (χ4v) is 5.18. The van der Waals surface area contributed by atoms with Gasteiger partial charge in [-0.05, 0) is 30.7 Å². The largest absolute Gasteiger partial charge is 0.339 e. The summed E-state index contributed by atoms with van der Waals surface area (Å²) in [5, 5.41) is 0. The number of hydrogen-bond acceptors (Lipinski definition) is 4. The number of nitrogens with zero attached hydrogens (tertiary/aromatic N) is 2. The Bertz CT molecular complexity index is 607. The number of benzene rings is 1. The van der Waals surface area contributed by atoms with Crippen LogP contribution in [0.15, 0.2) is 30.3 Å². The molecule has 1 amide bonds. The van der Waals surface area contributed by atoms with E-state index in [1.165, 1.54) is 5.56 Å². The van der Waals surface area contributed by atoms with E-state index in [1.54, 1.807) is 0 Å². The third-order valence-electron chi connectivity index (χ3n) is 6.44. The normalized spacial score (nSPS) is 32.7. The second-order valence-corrected chi connectivity index (χ2v) is 8.18. The lowest BCUT2D eigenvalue weighted by Crippen LogP contribution is -2.56. The molecule has 5 nitrogen and oxygen atoms in total. The molecule has 0 aromatic heterocycles. The number of amides is 1. The molecular weight excluding hydrogens is 324 g/mol. The van der Waals surface area contributed by atoms with Gasteiger partial charge in [-0.2, -0.15) is 0 Å². The van der Waals surface area contributed by atoms with Crippen molar-refractivity contribution in [2.24, 2.45) is 11.8 Å². The zero-order valence-electron chi connectivity index (χ0n) is 15.9. The van der Waals surface area contributed by atoms with Gasteiger partial charge >= 0.3 is 0 Å². The van der Waals surface area contributed by atoms with Crippen molar-refractivity contribution >= 4 is 5.91 Å². The van der Waals surface area contributed by atoms with Crippen molar-refractivity contribution in [3.63, 3.8) is 0 Å². The molecule has 0 radical (unpaired) electrons. The Kier molecular flexibility index (Phi) is 5.57. The third-order valence-corrected chi connectivity index (χ3v) is 6.44. The first kappa shape index (κ1) is 18.0. The van der Waals surface area contributed by atoms with Gasteiger partial charge < -0.3 is 9.80 Å². The van der Waals surface area contributed by atoms with Crippen molar-refractivity contribution in [2.75, 3.05) is 32.7 Å². The van der Waals surface area contributed by atoms with Crippen molar-refractivity contribution in [3.05, 3.63) is 35.9 Å². The van der Waals surface area contributed by atoms with E-state index in [4.69, 9.17) is 0 Å². The van der Waals surface area contributed by atoms with Crippen LogP contribution in [0.5, 0.6) is 0 Å². The van der Waals surface area contributed by atoms with E-state index < -0.39 is 0 Å². The predicted octanol–water partition coefficient (Wildman–Crippen LogP) is 2.17. The highest BCUT2D eigenvalue weighted by molar-refractivity contribution is 5.77. The van der Waals surface area contributed by atoms with Gasteiger partial charge in [0.2, 0.25) is 5.91 Å². The smallest absolute Gasteiger partial charge is 0.222 e. The van der Waals surface area contributed by atoms with Crippen LogP contribution in [-0.4, -0.2) is 54.5 Å². The van der Waals surface area contributed by atoms with Crippen molar-refractivity contribution in [1.29, 1.82) is 0 Å². The van der Waals surface area contributed by atoms with Gasteiger partial charge in [-0.25, -0.2) is 5.43 Å². The highest BCUT2D eigenvalue weighted by Crippen LogP contribution is 2.33. The molecule has 0 saturated carbocycles. The van der Waals surface area contributed by atoms with E-state index in [2.05, 4.69) is 57.9 Å². The summed E-state index contributed by atoms with van der Waals surface area (Å²) < 4.78 is 0. The summed E-state index contributed by atoms with van der Waals surface area (Å²) in [7, 11) is 0. The number of piperidine rings is 2. The molecule has 0 aliphatic carbocycles. The first-order chi connectivity index (χ1) is 12.8. The molecule has 5 heteroatoms. The van der Waals surface area contributed by atoms with E-state index in [0.717, 1.165) is 58.4 Å². The number of carbonyl (C=O) groups excluding carboxylic acids is 1. The third kappa shape index (κ3) is 3.66. The fourth-order valence-electron chi connectivity index (χ4n) is 5.18. The molecule has 1 aromatic carbocycles. The van der Waals surface area contributed by atoms with E-state index in [1.807, 2.05) is 0 Å². The van der Waals surface area contributed by atoms with Gasteiger partial charge in [-0.1, -0.05) is 37.3 Å². The topological polar surface area (TPSA) is 47.6 Å². The number of rotatable bonds is 5. The maximum Gasteiger partial charge on any atom is 0.222 e. The summed E-state index contributed by atoms with van der Waals surface area (Å²) >= 11 is 0. The van der Waals surface area contributed by atoms with Crippen molar-refractivity contribution in [2.45, 2.75) is 44.7 Å². The first-order valence-electron chi connectivity index (χ1n) is 10.3. The predicted molar refractivity (Wildman–Crippen MR) is 103 cm³/mol. The lowest BCUT2D eigenvalue weighted by atomic mass is 9.82. The van der Waals surface area contributed by atoms with Crippen LogP contribution < -0.4 is 10.9 Å². The Morgan fingerprint density at radius 1 is 1.19 bits per heavy atom. The highest BCUT2D eigenvalue weighted by atomic mass is 16.2. The number of hydrogen-bond donors (Lipinski definition) is 2. The average molecular weight is 357 g/mol. The molecule has 0 bridgehead atoms. The van der Waals surface area contributed by atoms with Gasteiger partial charge in [0.05, 0.1) is 6.04 Å². The Balaban J connectivity index is 1.38. The maximum atomic E-state index is 12.3. The van der Waals surface area contributed by atoms with Crippen LogP contribution in [0, 0.1) is 11.8 Å². The zero-order valence-corrected chi connectivity index (χ0v) is 15.9. The molecule has 26 heavy (non-hydrogen) atoms. The van der Waals surface area contributed by atoms with Gasteiger partial charge in [-0.3, -0.25) is 10.2 Å². The average Bonchev–Trinajstić information content (AvgIpc) is 3.13. The molecule has 3 aliphatic heterocycles. The summed E-state index contributed by atoms with van der Waals surface area (Å²) in [6.07, 6.45) is 4.02. The van der Waals surface area contributed by atoms with Crippen molar-refractivity contribution in [1.82, 2.24) is 20.7 Å². The van der Waals surface area contributed by atoms with E-state index in [-0.39, 0.29) is 0 Å². The number of carbonyl (C=O) groups is 1. The van der Waals surface area contributed by atoms with Gasteiger partial charge in [0, 0.05) is 51.1 Å². The highest BCUT2D eigenvalue weighted by Gasteiger charge is 2.40. The molecule has 4 rings (SSSR count). The molecule has 3 aliphatic rings. The molecular formula is C21H32N4O. The lowest BCUT2D eigenvalue weighted by Gasteiger charge is -2.47. The second-order valence-electron chi connectivity index (χ2n) is 8.18. The summed E-state index contributed by atoms with van der Waals surface area (Å²) in [6.45, 7) is 7.53. The monoisotopic (exact) mass is 356 g/mol.